The molecule has 0 aromatic carbocycles. The summed E-state index contributed by atoms with van der Waals surface area (Å²) < 4.78 is 27.5. The molecular weight excluding hydrogens is 202 g/mol. The van der Waals surface area contributed by atoms with E-state index in [9.17, 15) is 8.42 Å². The molecular formula is C9H14NO3S+. The van der Waals surface area contributed by atoms with Crippen molar-refractivity contribution in [1.29, 1.82) is 0 Å². The average Bonchev–Trinajstić information content (AvgIpc) is 2.70. The van der Waals surface area contributed by atoms with E-state index < -0.39 is 9.84 Å². The zero-order valence-corrected chi connectivity index (χ0v) is 8.66. The van der Waals surface area contributed by atoms with Gasteiger partial charge in [-0.25, -0.2) is 8.42 Å². The van der Waals surface area contributed by atoms with Crippen LogP contribution in [0.5, 0.6) is 0 Å². The lowest BCUT2D eigenvalue weighted by molar-refractivity contribution is -0.701. The number of sulfone groups is 1. The van der Waals surface area contributed by atoms with E-state index >= 15 is 0 Å². The lowest BCUT2D eigenvalue weighted by Gasteiger charge is -2.04. The van der Waals surface area contributed by atoms with Gasteiger partial charge in [0.05, 0.1) is 12.0 Å². The van der Waals surface area contributed by atoms with Crippen molar-refractivity contribution in [2.75, 3.05) is 11.5 Å². The van der Waals surface area contributed by atoms with Crippen LogP contribution >= 0.6 is 0 Å². The Balaban J connectivity index is 1.83. The maximum atomic E-state index is 11.2. The summed E-state index contributed by atoms with van der Waals surface area (Å²) in [6.45, 7) is 0.729. The van der Waals surface area contributed by atoms with E-state index in [-0.39, 0.29) is 6.04 Å². The van der Waals surface area contributed by atoms with E-state index in [4.69, 9.17) is 4.42 Å². The minimum absolute atomic E-state index is 0.213. The molecule has 0 saturated carbocycles. The summed E-state index contributed by atoms with van der Waals surface area (Å²) in [5, 5.41) is 2.05. The van der Waals surface area contributed by atoms with Crippen LogP contribution in [0.25, 0.3) is 0 Å². The molecule has 0 unspecified atom stereocenters. The molecule has 2 N–H and O–H groups in total. The second-order valence-corrected chi connectivity index (χ2v) is 5.91. The number of hydrogen-bond acceptors (Lipinski definition) is 3. The first-order chi connectivity index (χ1) is 6.66. The number of furan rings is 1. The Kier molecular flexibility index (Phi) is 2.60. The molecule has 2 rings (SSSR count). The summed E-state index contributed by atoms with van der Waals surface area (Å²) in [4.78, 5) is 0. The summed E-state index contributed by atoms with van der Waals surface area (Å²) in [7, 11) is -2.75. The molecule has 0 amide bonds. The molecule has 1 aromatic rings. The summed E-state index contributed by atoms with van der Waals surface area (Å²) in [6.07, 6.45) is 2.40. The minimum Gasteiger partial charge on any atom is -0.463 e. The van der Waals surface area contributed by atoms with Crippen molar-refractivity contribution in [3.05, 3.63) is 24.2 Å². The monoisotopic (exact) mass is 216 g/mol. The number of hydrogen-bond donors (Lipinski definition) is 1. The van der Waals surface area contributed by atoms with Crippen LogP contribution in [-0.4, -0.2) is 26.0 Å². The van der Waals surface area contributed by atoms with Gasteiger partial charge in [-0.05, 0) is 12.1 Å². The Morgan fingerprint density at radius 1 is 1.57 bits per heavy atom. The van der Waals surface area contributed by atoms with Crippen molar-refractivity contribution in [3.63, 3.8) is 0 Å². The maximum absolute atomic E-state index is 11.2. The van der Waals surface area contributed by atoms with Gasteiger partial charge in [-0.3, -0.25) is 0 Å². The molecule has 1 atom stereocenters. The van der Waals surface area contributed by atoms with Crippen LogP contribution in [-0.2, 0) is 16.4 Å². The Labute approximate surface area is 83.2 Å². The van der Waals surface area contributed by atoms with Crippen molar-refractivity contribution >= 4 is 9.84 Å². The highest BCUT2D eigenvalue weighted by atomic mass is 32.2. The summed E-state index contributed by atoms with van der Waals surface area (Å²) in [5.74, 6) is 1.55. The highest BCUT2D eigenvalue weighted by molar-refractivity contribution is 7.91. The standard InChI is InChI=1S/C9H13NO3S/c11-14(12)5-3-8(7-14)10-6-9-2-1-4-13-9/h1-2,4,8,10H,3,5-7H2/p+1/t8-/m0/s1. The Morgan fingerprint density at radius 2 is 2.43 bits per heavy atom. The Morgan fingerprint density at radius 3 is 3.00 bits per heavy atom. The van der Waals surface area contributed by atoms with E-state index in [1.54, 1.807) is 6.26 Å². The topological polar surface area (TPSA) is 63.9 Å². The van der Waals surface area contributed by atoms with Gasteiger partial charge in [0.2, 0.25) is 0 Å². The molecule has 14 heavy (non-hydrogen) atoms. The van der Waals surface area contributed by atoms with Gasteiger partial charge in [-0.15, -0.1) is 0 Å². The minimum atomic E-state index is -2.75. The van der Waals surface area contributed by atoms with E-state index in [1.807, 2.05) is 17.4 Å². The van der Waals surface area contributed by atoms with Crippen molar-refractivity contribution in [2.24, 2.45) is 0 Å². The van der Waals surface area contributed by atoms with E-state index in [0.717, 1.165) is 18.7 Å². The van der Waals surface area contributed by atoms with E-state index in [1.165, 1.54) is 0 Å². The van der Waals surface area contributed by atoms with Gasteiger partial charge in [-0.2, -0.15) is 0 Å². The van der Waals surface area contributed by atoms with Crippen molar-refractivity contribution in [3.8, 4) is 0 Å². The van der Waals surface area contributed by atoms with Crippen LogP contribution in [0, 0.1) is 0 Å². The first kappa shape index (κ1) is 9.73. The normalized spacial score (nSPS) is 25.3. The molecule has 2 heterocycles. The van der Waals surface area contributed by atoms with E-state index in [2.05, 4.69) is 0 Å². The molecule has 0 aliphatic carbocycles. The van der Waals surface area contributed by atoms with Crippen LogP contribution in [0.4, 0.5) is 0 Å². The van der Waals surface area contributed by atoms with Crippen LogP contribution in [0.1, 0.15) is 12.2 Å². The molecule has 0 spiro atoms. The zero-order chi connectivity index (χ0) is 10.0. The van der Waals surface area contributed by atoms with E-state index in [0.29, 0.717) is 11.5 Å². The summed E-state index contributed by atoms with van der Waals surface area (Å²) >= 11 is 0. The maximum Gasteiger partial charge on any atom is 0.157 e. The quantitative estimate of drug-likeness (QED) is 0.743. The lowest BCUT2D eigenvalue weighted by Crippen LogP contribution is -2.89. The van der Waals surface area contributed by atoms with Gasteiger partial charge in [-0.1, -0.05) is 0 Å². The molecule has 1 saturated heterocycles. The summed E-state index contributed by atoms with van der Waals surface area (Å²) in [6, 6.07) is 3.96. The second-order valence-electron chi connectivity index (χ2n) is 3.68. The van der Waals surface area contributed by atoms with Crippen molar-refractivity contribution in [2.45, 2.75) is 19.0 Å². The largest absolute Gasteiger partial charge is 0.463 e. The molecule has 1 fully saturated rings. The third kappa shape index (κ3) is 2.36. The first-order valence-corrected chi connectivity index (χ1v) is 6.54. The smallest absolute Gasteiger partial charge is 0.157 e. The fourth-order valence-corrected chi connectivity index (χ4v) is 3.50. The van der Waals surface area contributed by atoms with Gasteiger partial charge in [0.1, 0.15) is 18.3 Å². The third-order valence-corrected chi connectivity index (χ3v) is 4.29. The van der Waals surface area contributed by atoms with Crippen molar-refractivity contribution < 1.29 is 18.2 Å². The number of rotatable bonds is 3. The van der Waals surface area contributed by atoms with Gasteiger partial charge in [0.25, 0.3) is 0 Å². The van der Waals surface area contributed by atoms with Crippen LogP contribution in [0.3, 0.4) is 0 Å². The number of nitrogens with two attached hydrogens (primary N) is 1. The number of quaternary nitrogens is 1. The highest BCUT2D eigenvalue weighted by Crippen LogP contribution is 2.08. The predicted octanol–water partition coefficient (Wildman–Crippen LogP) is -0.470. The molecule has 0 bridgehead atoms. The van der Waals surface area contributed by atoms with Gasteiger partial charge >= 0.3 is 0 Å². The van der Waals surface area contributed by atoms with Crippen molar-refractivity contribution in [1.82, 2.24) is 0 Å². The molecule has 4 nitrogen and oxygen atoms in total. The molecule has 1 aliphatic heterocycles. The molecule has 1 aliphatic rings. The molecule has 5 heteroatoms. The molecule has 78 valence electrons. The Bertz CT molecular complexity index is 382. The van der Waals surface area contributed by atoms with Crippen LogP contribution in [0.2, 0.25) is 0 Å². The second kappa shape index (κ2) is 3.74. The summed E-state index contributed by atoms with van der Waals surface area (Å²) in [5.41, 5.74) is 0. The predicted molar refractivity (Wildman–Crippen MR) is 51.4 cm³/mol. The zero-order valence-electron chi connectivity index (χ0n) is 7.85. The molecule has 0 radical (unpaired) electrons. The Hall–Kier alpha value is -0.810. The van der Waals surface area contributed by atoms with Gasteiger partial charge < -0.3 is 9.73 Å². The van der Waals surface area contributed by atoms with Gasteiger partial charge in [0.15, 0.2) is 15.6 Å². The SMILES string of the molecule is O=S1(=O)CC[C@H]([NH2+]Cc2ccco2)C1. The highest BCUT2D eigenvalue weighted by Gasteiger charge is 2.30. The fraction of sp³-hybridized carbons (Fsp3) is 0.556. The third-order valence-electron chi connectivity index (χ3n) is 2.50. The fourth-order valence-electron chi connectivity index (χ4n) is 1.72. The lowest BCUT2D eigenvalue weighted by atomic mass is 10.2. The van der Waals surface area contributed by atoms with Gasteiger partial charge in [0, 0.05) is 6.42 Å². The van der Waals surface area contributed by atoms with Crippen LogP contribution in [0.15, 0.2) is 22.8 Å². The average molecular weight is 216 g/mol. The van der Waals surface area contributed by atoms with Crippen LogP contribution < -0.4 is 5.32 Å². The first-order valence-electron chi connectivity index (χ1n) is 4.72. The molecule has 1 aromatic heterocycles.